The molecule has 3 aromatic rings. The van der Waals surface area contributed by atoms with Crippen LogP contribution in [0.3, 0.4) is 0 Å². The summed E-state index contributed by atoms with van der Waals surface area (Å²) in [5.41, 5.74) is 0.762. The number of benzene rings is 1. The second-order valence-electron chi connectivity index (χ2n) is 7.08. The zero-order valence-corrected chi connectivity index (χ0v) is 17.2. The number of nitrogens with zero attached hydrogens (tertiary/aromatic N) is 6. The lowest BCUT2D eigenvalue weighted by atomic mass is 10.00. The Bertz CT molecular complexity index is 1120. The molecule has 30 heavy (non-hydrogen) atoms. The van der Waals surface area contributed by atoms with Gasteiger partial charge in [-0.2, -0.15) is 9.10 Å². The van der Waals surface area contributed by atoms with E-state index >= 15 is 0 Å². The second kappa shape index (κ2) is 8.44. The molecule has 1 aromatic carbocycles. The lowest BCUT2D eigenvalue weighted by Crippen LogP contribution is -2.41. The second-order valence-corrected chi connectivity index (χ2v) is 9.02. The molecule has 1 fully saturated rings. The average Bonchev–Trinajstić information content (AvgIpc) is 3.23. The van der Waals surface area contributed by atoms with Crippen molar-refractivity contribution in [2.75, 3.05) is 20.2 Å². The van der Waals surface area contributed by atoms with E-state index in [9.17, 15) is 12.8 Å². The molecule has 1 saturated heterocycles. The van der Waals surface area contributed by atoms with E-state index in [1.54, 1.807) is 18.5 Å². The summed E-state index contributed by atoms with van der Waals surface area (Å²) in [7, 11) is -2.48. The molecule has 0 amide bonds. The summed E-state index contributed by atoms with van der Waals surface area (Å²) >= 11 is 0. The molecule has 0 bridgehead atoms. The predicted molar refractivity (Wildman–Crippen MR) is 105 cm³/mol. The molecule has 0 N–H and O–H groups in total. The van der Waals surface area contributed by atoms with Crippen molar-refractivity contribution in [1.29, 1.82) is 0 Å². The molecule has 0 radical (unpaired) electrons. The maximum absolute atomic E-state index is 14.0. The SMILES string of the molecule is COc1ccc(S(=O)(=O)N2CCC[C@@H](Cn3nnc(-c4cccnc4)n3)C2)cc1F. The van der Waals surface area contributed by atoms with Gasteiger partial charge in [-0.05, 0) is 54.3 Å². The van der Waals surface area contributed by atoms with E-state index in [1.807, 2.05) is 6.07 Å². The Balaban J connectivity index is 1.47. The summed E-state index contributed by atoms with van der Waals surface area (Å²) in [5.74, 6) is -0.210. The largest absolute Gasteiger partial charge is 0.494 e. The molecule has 1 atom stereocenters. The Morgan fingerprint density at radius 2 is 2.17 bits per heavy atom. The first-order chi connectivity index (χ1) is 14.5. The Kier molecular flexibility index (Phi) is 5.73. The van der Waals surface area contributed by atoms with Gasteiger partial charge < -0.3 is 4.74 Å². The fourth-order valence-electron chi connectivity index (χ4n) is 3.51. The molecule has 3 heterocycles. The maximum atomic E-state index is 14.0. The Labute approximate surface area is 173 Å². The highest BCUT2D eigenvalue weighted by Crippen LogP contribution is 2.27. The summed E-state index contributed by atoms with van der Waals surface area (Å²) in [4.78, 5) is 5.44. The molecule has 0 saturated carbocycles. The quantitative estimate of drug-likeness (QED) is 0.587. The van der Waals surface area contributed by atoms with Crippen molar-refractivity contribution in [2.45, 2.75) is 24.3 Å². The van der Waals surface area contributed by atoms with E-state index < -0.39 is 15.8 Å². The lowest BCUT2D eigenvalue weighted by molar-refractivity contribution is 0.231. The summed E-state index contributed by atoms with van der Waals surface area (Å²) < 4.78 is 46.2. The van der Waals surface area contributed by atoms with Crippen LogP contribution in [-0.2, 0) is 16.6 Å². The van der Waals surface area contributed by atoms with Crippen LogP contribution in [-0.4, -0.2) is 58.1 Å². The molecule has 11 heteroatoms. The molecule has 4 rings (SSSR count). The third-order valence-corrected chi connectivity index (χ3v) is 6.90. The molecule has 0 aliphatic carbocycles. The number of sulfonamides is 1. The normalized spacial score (nSPS) is 17.7. The zero-order chi connectivity index (χ0) is 21.1. The molecule has 158 valence electrons. The average molecular weight is 432 g/mol. The van der Waals surface area contributed by atoms with Crippen molar-refractivity contribution in [1.82, 2.24) is 29.5 Å². The monoisotopic (exact) mass is 432 g/mol. The predicted octanol–water partition coefficient (Wildman–Crippen LogP) is 1.98. The van der Waals surface area contributed by atoms with E-state index in [4.69, 9.17) is 4.74 Å². The first kappa shape index (κ1) is 20.4. The summed E-state index contributed by atoms with van der Waals surface area (Å²) in [6.07, 6.45) is 4.86. The number of piperidine rings is 1. The van der Waals surface area contributed by atoms with Crippen LogP contribution >= 0.6 is 0 Å². The van der Waals surface area contributed by atoms with Crippen LogP contribution in [0.4, 0.5) is 4.39 Å². The van der Waals surface area contributed by atoms with Gasteiger partial charge in [0.05, 0.1) is 18.6 Å². The number of halogens is 1. The molecular weight excluding hydrogens is 411 g/mol. The Morgan fingerprint density at radius 1 is 1.30 bits per heavy atom. The lowest BCUT2D eigenvalue weighted by Gasteiger charge is -2.31. The van der Waals surface area contributed by atoms with Crippen molar-refractivity contribution in [3.8, 4) is 17.1 Å². The van der Waals surface area contributed by atoms with Gasteiger partial charge in [0.15, 0.2) is 11.6 Å². The number of aromatic nitrogens is 5. The van der Waals surface area contributed by atoms with Crippen LogP contribution in [0.5, 0.6) is 5.75 Å². The molecule has 0 spiro atoms. The van der Waals surface area contributed by atoms with E-state index in [0.717, 1.165) is 18.1 Å². The molecular formula is C19H21FN6O3S. The van der Waals surface area contributed by atoms with E-state index in [0.29, 0.717) is 31.9 Å². The van der Waals surface area contributed by atoms with Crippen LogP contribution in [0.25, 0.3) is 11.4 Å². The van der Waals surface area contributed by atoms with Gasteiger partial charge in [0.1, 0.15) is 0 Å². The summed E-state index contributed by atoms with van der Waals surface area (Å²) in [5, 5.41) is 12.5. The van der Waals surface area contributed by atoms with Crippen LogP contribution in [0, 0.1) is 11.7 Å². The highest BCUT2D eigenvalue weighted by Gasteiger charge is 2.31. The minimum absolute atomic E-state index is 0.00662. The van der Waals surface area contributed by atoms with Gasteiger partial charge in [0.25, 0.3) is 0 Å². The molecule has 0 unspecified atom stereocenters. The van der Waals surface area contributed by atoms with Crippen molar-refractivity contribution < 1.29 is 17.5 Å². The van der Waals surface area contributed by atoms with Gasteiger partial charge in [-0.15, -0.1) is 10.2 Å². The van der Waals surface area contributed by atoms with E-state index in [1.165, 1.54) is 28.3 Å². The smallest absolute Gasteiger partial charge is 0.243 e. The standard InChI is InChI=1S/C19H21FN6O3S/c1-29-18-7-6-16(10-17(18)20)30(27,28)25-9-3-4-14(12-25)13-26-23-19(22-24-26)15-5-2-8-21-11-15/h2,5-8,10-11,14H,3-4,9,12-13H2,1H3/t14-/m1/s1. The van der Waals surface area contributed by atoms with Crippen LogP contribution in [0.2, 0.25) is 0 Å². The van der Waals surface area contributed by atoms with Gasteiger partial charge in [-0.1, -0.05) is 0 Å². The van der Waals surface area contributed by atoms with Crippen molar-refractivity contribution in [2.24, 2.45) is 5.92 Å². The maximum Gasteiger partial charge on any atom is 0.243 e. The van der Waals surface area contributed by atoms with Gasteiger partial charge in [0, 0.05) is 31.0 Å². The van der Waals surface area contributed by atoms with Crippen LogP contribution in [0.1, 0.15) is 12.8 Å². The minimum atomic E-state index is -3.81. The summed E-state index contributed by atoms with van der Waals surface area (Å²) in [6.45, 7) is 1.13. The molecule has 9 nitrogen and oxygen atoms in total. The zero-order valence-electron chi connectivity index (χ0n) is 16.3. The van der Waals surface area contributed by atoms with Crippen molar-refractivity contribution >= 4 is 10.0 Å². The van der Waals surface area contributed by atoms with Crippen molar-refractivity contribution in [3.63, 3.8) is 0 Å². The van der Waals surface area contributed by atoms with E-state index in [-0.39, 0.29) is 16.6 Å². The Hall–Kier alpha value is -2.92. The number of hydrogen-bond donors (Lipinski definition) is 0. The number of ether oxygens (including phenoxy) is 1. The number of rotatable bonds is 6. The van der Waals surface area contributed by atoms with Gasteiger partial charge in [-0.3, -0.25) is 4.98 Å². The van der Waals surface area contributed by atoms with Crippen LogP contribution in [0.15, 0.2) is 47.6 Å². The topological polar surface area (TPSA) is 103 Å². The van der Waals surface area contributed by atoms with Gasteiger partial charge in [0.2, 0.25) is 15.8 Å². The third-order valence-electron chi connectivity index (χ3n) is 5.04. The fraction of sp³-hybridized carbons (Fsp3) is 0.368. The number of pyridine rings is 1. The minimum Gasteiger partial charge on any atom is -0.494 e. The summed E-state index contributed by atoms with van der Waals surface area (Å²) in [6, 6.07) is 7.32. The van der Waals surface area contributed by atoms with Crippen LogP contribution < -0.4 is 4.74 Å². The first-order valence-electron chi connectivity index (χ1n) is 9.49. The molecule has 1 aliphatic rings. The molecule has 2 aromatic heterocycles. The van der Waals surface area contributed by atoms with Crippen molar-refractivity contribution in [3.05, 3.63) is 48.5 Å². The Morgan fingerprint density at radius 3 is 2.90 bits per heavy atom. The highest BCUT2D eigenvalue weighted by atomic mass is 32.2. The number of methoxy groups -OCH3 is 1. The first-order valence-corrected chi connectivity index (χ1v) is 10.9. The number of tetrazole rings is 1. The van der Waals surface area contributed by atoms with Gasteiger partial charge >= 0.3 is 0 Å². The molecule has 1 aliphatic heterocycles. The van der Waals surface area contributed by atoms with E-state index in [2.05, 4.69) is 20.4 Å². The third kappa shape index (κ3) is 4.17. The fourth-order valence-corrected chi connectivity index (χ4v) is 5.08. The highest BCUT2D eigenvalue weighted by molar-refractivity contribution is 7.89. The van der Waals surface area contributed by atoms with Gasteiger partial charge in [-0.25, -0.2) is 12.8 Å². The number of hydrogen-bond acceptors (Lipinski definition) is 7.